The third-order valence-corrected chi connectivity index (χ3v) is 6.28. The molecule has 1 aromatic heterocycles. The molecule has 0 bridgehead atoms. The number of halogens is 1. The Morgan fingerprint density at radius 1 is 1.59 bits per heavy atom. The monoisotopic (exact) mass is 337 g/mol. The van der Waals surface area contributed by atoms with Gasteiger partial charge < -0.3 is 4.90 Å². The summed E-state index contributed by atoms with van der Waals surface area (Å²) in [6.45, 7) is 0. The Balaban J connectivity index is 2.11. The first-order chi connectivity index (χ1) is 7.89. The largest absolute Gasteiger partial charge is 0.337 e. The lowest BCUT2D eigenvalue weighted by Crippen LogP contribution is -2.37. The molecular formula is C10H12BrNO3S2. The van der Waals surface area contributed by atoms with Crippen LogP contribution >= 0.6 is 27.3 Å². The van der Waals surface area contributed by atoms with Crippen LogP contribution in [0.3, 0.4) is 0 Å². The van der Waals surface area contributed by atoms with E-state index in [1.165, 1.54) is 11.3 Å². The van der Waals surface area contributed by atoms with Crippen LogP contribution in [0.2, 0.25) is 0 Å². The van der Waals surface area contributed by atoms with Crippen molar-refractivity contribution in [2.45, 2.75) is 12.5 Å². The van der Waals surface area contributed by atoms with E-state index in [-0.39, 0.29) is 23.5 Å². The maximum atomic E-state index is 12.1. The third-order valence-electron chi connectivity index (χ3n) is 2.85. The molecule has 2 heterocycles. The molecule has 2 rings (SSSR count). The van der Waals surface area contributed by atoms with Crippen molar-refractivity contribution in [3.05, 3.63) is 20.8 Å². The number of carbonyl (C=O) groups is 1. The standard InChI is InChI=1S/C10H12BrNO3S2/c1-12(8-2-3-17(14,15)6-8)10(13)9-4-7(11)5-16-9/h4-5,8H,2-3,6H2,1H3. The summed E-state index contributed by atoms with van der Waals surface area (Å²) in [5.41, 5.74) is 0. The molecule has 1 fully saturated rings. The molecule has 17 heavy (non-hydrogen) atoms. The van der Waals surface area contributed by atoms with Gasteiger partial charge in [0.1, 0.15) is 0 Å². The molecular weight excluding hydrogens is 326 g/mol. The zero-order chi connectivity index (χ0) is 12.6. The maximum Gasteiger partial charge on any atom is 0.263 e. The van der Waals surface area contributed by atoms with Crippen molar-refractivity contribution in [3.63, 3.8) is 0 Å². The number of sulfone groups is 1. The van der Waals surface area contributed by atoms with Gasteiger partial charge in [0.15, 0.2) is 9.84 Å². The molecule has 0 radical (unpaired) electrons. The fourth-order valence-electron chi connectivity index (χ4n) is 1.85. The summed E-state index contributed by atoms with van der Waals surface area (Å²) in [6, 6.07) is 1.57. The van der Waals surface area contributed by atoms with Crippen molar-refractivity contribution in [3.8, 4) is 0 Å². The van der Waals surface area contributed by atoms with Crippen LogP contribution in [0.15, 0.2) is 15.9 Å². The zero-order valence-corrected chi connectivity index (χ0v) is 12.4. The molecule has 0 N–H and O–H groups in total. The van der Waals surface area contributed by atoms with Crippen LogP contribution in [0.4, 0.5) is 0 Å². The van der Waals surface area contributed by atoms with E-state index in [9.17, 15) is 13.2 Å². The number of amides is 1. The average molecular weight is 338 g/mol. The van der Waals surface area contributed by atoms with Gasteiger partial charge in [-0.1, -0.05) is 0 Å². The highest BCUT2D eigenvalue weighted by molar-refractivity contribution is 9.10. The Morgan fingerprint density at radius 3 is 2.76 bits per heavy atom. The highest BCUT2D eigenvalue weighted by Gasteiger charge is 2.33. The minimum absolute atomic E-state index is 0.0851. The Hall–Kier alpha value is -0.400. The summed E-state index contributed by atoms with van der Waals surface area (Å²) >= 11 is 4.65. The van der Waals surface area contributed by atoms with Crippen LogP contribution in [0, 0.1) is 0 Å². The number of rotatable bonds is 2. The number of thiophene rings is 1. The second-order valence-corrected chi connectivity index (χ2v) is 8.16. The van der Waals surface area contributed by atoms with Crippen LogP contribution in [0.25, 0.3) is 0 Å². The molecule has 94 valence electrons. The fourth-order valence-corrected chi connectivity index (χ4v) is 5.03. The van der Waals surface area contributed by atoms with Crippen molar-refractivity contribution in [1.82, 2.24) is 4.90 Å². The first-order valence-electron chi connectivity index (χ1n) is 5.11. The summed E-state index contributed by atoms with van der Waals surface area (Å²) < 4.78 is 23.6. The third kappa shape index (κ3) is 2.89. The van der Waals surface area contributed by atoms with Crippen LogP contribution < -0.4 is 0 Å². The van der Waals surface area contributed by atoms with Gasteiger partial charge in [-0.05, 0) is 28.4 Å². The normalized spacial score (nSPS) is 22.6. The summed E-state index contributed by atoms with van der Waals surface area (Å²) in [6.07, 6.45) is 0.539. The van der Waals surface area contributed by atoms with Crippen molar-refractivity contribution < 1.29 is 13.2 Å². The van der Waals surface area contributed by atoms with E-state index >= 15 is 0 Å². The lowest BCUT2D eigenvalue weighted by molar-refractivity contribution is 0.0752. The predicted molar refractivity (Wildman–Crippen MR) is 71.2 cm³/mol. The molecule has 1 amide bonds. The molecule has 1 aliphatic heterocycles. The van der Waals surface area contributed by atoms with E-state index in [1.807, 2.05) is 5.38 Å². The summed E-state index contributed by atoms with van der Waals surface area (Å²) in [7, 11) is -1.28. The summed E-state index contributed by atoms with van der Waals surface area (Å²) in [4.78, 5) is 14.2. The van der Waals surface area contributed by atoms with E-state index in [0.717, 1.165) is 4.47 Å². The van der Waals surface area contributed by atoms with Crippen molar-refractivity contribution in [1.29, 1.82) is 0 Å². The second kappa shape index (κ2) is 4.70. The molecule has 1 aromatic rings. The Labute approximate surface area is 113 Å². The molecule has 0 spiro atoms. The molecule has 0 aromatic carbocycles. The van der Waals surface area contributed by atoms with Crippen LogP contribution in [0.1, 0.15) is 16.1 Å². The van der Waals surface area contributed by atoms with Gasteiger partial charge >= 0.3 is 0 Å². The zero-order valence-electron chi connectivity index (χ0n) is 9.22. The van der Waals surface area contributed by atoms with E-state index < -0.39 is 9.84 Å². The van der Waals surface area contributed by atoms with Gasteiger partial charge in [0.25, 0.3) is 5.91 Å². The highest BCUT2D eigenvalue weighted by atomic mass is 79.9. The molecule has 0 aliphatic carbocycles. The maximum absolute atomic E-state index is 12.1. The van der Waals surface area contributed by atoms with E-state index in [2.05, 4.69) is 15.9 Å². The van der Waals surface area contributed by atoms with Crippen molar-refractivity contribution in [2.75, 3.05) is 18.6 Å². The van der Waals surface area contributed by atoms with Gasteiger partial charge in [-0.2, -0.15) is 0 Å². The van der Waals surface area contributed by atoms with Gasteiger partial charge in [-0.15, -0.1) is 11.3 Å². The molecule has 1 unspecified atom stereocenters. The van der Waals surface area contributed by atoms with Crippen molar-refractivity contribution in [2.24, 2.45) is 0 Å². The predicted octanol–water partition coefficient (Wildman–Crippen LogP) is 1.77. The van der Waals surface area contributed by atoms with Crippen LogP contribution in [-0.2, 0) is 9.84 Å². The SMILES string of the molecule is CN(C(=O)c1cc(Br)cs1)C1CCS(=O)(=O)C1. The molecule has 1 atom stereocenters. The molecule has 4 nitrogen and oxygen atoms in total. The van der Waals surface area contributed by atoms with Gasteiger partial charge in [0, 0.05) is 22.9 Å². The number of carbonyl (C=O) groups excluding carboxylic acids is 1. The van der Waals surface area contributed by atoms with Crippen molar-refractivity contribution >= 4 is 43.0 Å². The Kier molecular flexibility index (Phi) is 3.61. The molecule has 1 aliphatic rings. The quantitative estimate of drug-likeness (QED) is 0.826. The Morgan fingerprint density at radius 2 is 2.29 bits per heavy atom. The summed E-state index contributed by atoms with van der Waals surface area (Å²) in [5.74, 6) is 0.161. The number of hydrogen-bond donors (Lipinski definition) is 0. The first-order valence-corrected chi connectivity index (χ1v) is 8.60. The van der Waals surface area contributed by atoms with Gasteiger partial charge in [0.05, 0.1) is 16.4 Å². The minimum Gasteiger partial charge on any atom is -0.337 e. The van der Waals surface area contributed by atoms with E-state index in [4.69, 9.17) is 0 Å². The van der Waals surface area contributed by atoms with Crippen LogP contribution in [0.5, 0.6) is 0 Å². The molecule has 7 heteroatoms. The summed E-state index contributed by atoms with van der Waals surface area (Å²) in [5, 5.41) is 1.84. The fraction of sp³-hybridized carbons (Fsp3) is 0.500. The number of nitrogens with zero attached hydrogens (tertiary/aromatic N) is 1. The van der Waals surface area contributed by atoms with E-state index in [1.54, 1.807) is 18.0 Å². The first kappa shape index (κ1) is 13.0. The van der Waals surface area contributed by atoms with Crippen LogP contribution in [-0.4, -0.2) is 43.8 Å². The lowest BCUT2D eigenvalue weighted by atomic mass is 10.2. The van der Waals surface area contributed by atoms with Gasteiger partial charge in [-0.3, -0.25) is 4.79 Å². The minimum atomic E-state index is -2.95. The van der Waals surface area contributed by atoms with Gasteiger partial charge in [0.2, 0.25) is 0 Å². The highest BCUT2D eigenvalue weighted by Crippen LogP contribution is 2.23. The lowest BCUT2D eigenvalue weighted by Gasteiger charge is -2.22. The molecule has 1 saturated heterocycles. The second-order valence-electron chi connectivity index (χ2n) is 4.10. The topological polar surface area (TPSA) is 54.5 Å². The van der Waals surface area contributed by atoms with E-state index in [0.29, 0.717) is 11.3 Å². The molecule has 0 saturated carbocycles. The average Bonchev–Trinajstić information content (AvgIpc) is 2.82. The van der Waals surface area contributed by atoms with Gasteiger partial charge in [-0.25, -0.2) is 8.42 Å². The Bertz CT molecular complexity index is 538. The number of hydrogen-bond acceptors (Lipinski definition) is 4. The smallest absolute Gasteiger partial charge is 0.263 e.